The summed E-state index contributed by atoms with van der Waals surface area (Å²) in [5.74, 6) is 9.34. The maximum absolute atomic E-state index is 15.2. The molecule has 4 N–H and O–H groups in total. The topological polar surface area (TPSA) is 190 Å². The van der Waals surface area contributed by atoms with Gasteiger partial charge in [-0.2, -0.15) is 0 Å². The third-order valence-corrected chi connectivity index (χ3v) is 33.7. The first-order valence-electron chi connectivity index (χ1n) is 52.8. The highest BCUT2D eigenvalue weighted by atomic mass is 16.5. The van der Waals surface area contributed by atoms with Gasteiger partial charge in [0, 0.05) is 24.3 Å². The number of unbranched alkanes of at least 4 members (excludes halogenated alkanes) is 20. The predicted octanol–water partition coefficient (Wildman–Crippen LogP) is 29.9. The first-order chi connectivity index (χ1) is 61.8. The first kappa shape index (κ1) is 102. The first-order valence-corrected chi connectivity index (χ1v) is 52.8. The van der Waals surface area contributed by atoms with Crippen LogP contribution in [0.2, 0.25) is 0 Å². The van der Waals surface area contributed by atoms with Crippen LogP contribution < -0.4 is 49.7 Å². The Labute approximate surface area is 776 Å². The summed E-state index contributed by atoms with van der Waals surface area (Å²) in [5.41, 5.74) is 6.03. The molecule has 8 aliphatic rings. The SMILES string of the molecule is CCCCCCCCOc1cc(NC(=O)c2cc(OC)c(C(=O)Nc3cc(OCCCCCCCC)c(NC(=O)CO[C@H]4CC[C@@]5(C)C(=CC[C@H]6[C@@H]7CC[C@H]([C@H](C)CCCC(C)C)[C@@]7(C)CC[C@@H]65)C4)cc3OCCCCCCCC)cc2OC)c(OCCCCCCCC)cc1NC(=O)CO[C@H]1CC[C@@]2(C)C(=CC[C@H]3[C@@H]4CC[C@H]([C@H](C)CCCC(C)C)[C@@]4(C)CC[C@@H]32)C1. The van der Waals surface area contributed by atoms with Gasteiger partial charge in [0.25, 0.3) is 11.8 Å². The van der Waals surface area contributed by atoms with E-state index in [1.165, 1.54) is 142 Å². The molecule has 6 saturated carbocycles. The van der Waals surface area contributed by atoms with Crippen molar-refractivity contribution >= 4 is 46.4 Å². The van der Waals surface area contributed by atoms with Crippen molar-refractivity contribution in [2.75, 3.05) is 75.1 Å². The summed E-state index contributed by atoms with van der Waals surface area (Å²) < 4.78 is 52.1. The Balaban J connectivity index is 0.795. The van der Waals surface area contributed by atoms with Crippen LogP contribution in [0.3, 0.4) is 0 Å². The lowest BCUT2D eigenvalue weighted by molar-refractivity contribution is -0.124. The number of hydrogen-bond acceptors (Lipinski definition) is 12. The van der Waals surface area contributed by atoms with Crippen LogP contribution in [0.1, 0.15) is 413 Å². The number of rotatable bonds is 56. The Morgan fingerprint density at radius 3 is 1.00 bits per heavy atom. The minimum Gasteiger partial charge on any atom is -0.496 e. The average Bonchev–Trinajstić information content (AvgIpc) is 1.43. The smallest absolute Gasteiger partial charge is 0.259 e. The second kappa shape index (κ2) is 50.2. The van der Waals surface area contributed by atoms with Crippen molar-refractivity contribution in [1.82, 2.24) is 0 Å². The van der Waals surface area contributed by atoms with Crippen molar-refractivity contribution in [3.8, 4) is 34.5 Å². The average molecular weight is 1770 g/mol. The fourth-order valence-electron chi connectivity index (χ4n) is 26.2. The Morgan fingerprint density at radius 2 is 0.680 bits per heavy atom. The number of allylic oxidation sites excluding steroid dienone is 2. The van der Waals surface area contributed by atoms with Gasteiger partial charge in [-0.1, -0.05) is 287 Å². The van der Waals surface area contributed by atoms with Gasteiger partial charge in [-0.25, -0.2) is 0 Å². The van der Waals surface area contributed by atoms with Crippen molar-refractivity contribution in [3.63, 3.8) is 0 Å². The van der Waals surface area contributed by atoms with Gasteiger partial charge < -0.3 is 59.2 Å². The number of hydrogen-bond donors (Lipinski definition) is 4. The third kappa shape index (κ3) is 26.6. The molecule has 0 bridgehead atoms. The van der Waals surface area contributed by atoms with E-state index in [2.05, 4.69) is 130 Å². The molecule has 0 heterocycles. The molecule has 16 heteroatoms. The summed E-state index contributed by atoms with van der Waals surface area (Å²) in [6.45, 7) is 35.3. The van der Waals surface area contributed by atoms with E-state index in [-0.39, 0.29) is 70.7 Å². The highest BCUT2D eigenvalue weighted by Gasteiger charge is 2.61. The standard InChI is InChI=1S/C112H178N4O12/c1-17-21-25-29-33-37-63-123-101-73-97(103(125-65-39-35-31-27-23-19-3)71-95(101)113-105(117)75-127-83-55-59-109(11)81(67-83)47-49-85-91-53-51-89(79(9)45-41-43-77(5)6)111(91,13)61-57-93(85)109)115-107(119)87-69-100(122-16)88(70-99(87)121-15)108(120)116-98-74-102(124-64-38-34-30-26-22-18-2)96(72-104(98)126-66-40-36-32-28-24-20-4)114-106(118)76-128-84-56-60-110(12)82(68-84)48-50-86-92-54-52-90(80(10)46-42-44-78(7)8)112(92,14)62-58-94(86)110/h47-48,69-74,77-80,83-86,89-94H,17-46,49-68,75-76H2,1-16H3,(H,113,117)(H,114,118)(H,115,119)(H,116,120)/t79-,80-,83+,84+,85+,86+,89-,90-,91+,92+,93+,94+,109+,110+,111-,112-/m1/s1. The van der Waals surface area contributed by atoms with Crippen molar-refractivity contribution in [3.05, 3.63) is 70.8 Å². The third-order valence-electron chi connectivity index (χ3n) is 33.7. The molecule has 16 nitrogen and oxygen atoms in total. The second-order valence-electron chi connectivity index (χ2n) is 43.3. The number of methoxy groups -OCH3 is 2. The van der Waals surface area contributed by atoms with Crippen LogP contribution in [0.5, 0.6) is 34.5 Å². The quantitative estimate of drug-likeness (QED) is 0.0310. The van der Waals surface area contributed by atoms with Crippen molar-refractivity contribution < 1.29 is 57.1 Å². The van der Waals surface area contributed by atoms with Gasteiger partial charge in [0.15, 0.2) is 0 Å². The van der Waals surface area contributed by atoms with Crippen molar-refractivity contribution in [1.29, 1.82) is 0 Å². The van der Waals surface area contributed by atoms with Crippen LogP contribution in [-0.4, -0.2) is 89.7 Å². The van der Waals surface area contributed by atoms with Crippen LogP contribution in [0.15, 0.2) is 59.7 Å². The van der Waals surface area contributed by atoms with Gasteiger partial charge in [0.2, 0.25) is 11.8 Å². The van der Waals surface area contributed by atoms with E-state index < -0.39 is 11.8 Å². The van der Waals surface area contributed by atoms with E-state index in [1.54, 1.807) is 35.4 Å². The maximum Gasteiger partial charge on any atom is 0.259 e. The van der Waals surface area contributed by atoms with Crippen LogP contribution in [0, 0.1) is 92.7 Å². The van der Waals surface area contributed by atoms with Crippen LogP contribution in [-0.2, 0) is 19.1 Å². The summed E-state index contributed by atoms with van der Waals surface area (Å²) in [7, 11) is 2.95. The molecule has 6 fully saturated rings. The highest BCUT2D eigenvalue weighted by Crippen LogP contribution is 2.70. The number of carbonyl (C=O) groups is 4. The number of ether oxygens (including phenoxy) is 8. The zero-order chi connectivity index (χ0) is 91.4. The molecule has 11 rings (SSSR count). The number of benzene rings is 3. The summed E-state index contributed by atoms with van der Waals surface area (Å²) >= 11 is 0. The molecule has 0 aromatic heterocycles. The Hall–Kier alpha value is -6.26. The fraction of sp³-hybridized carbons (Fsp3) is 0.768. The van der Waals surface area contributed by atoms with E-state index in [1.807, 2.05) is 0 Å². The largest absolute Gasteiger partial charge is 0.496 e. The van der Waals surface area contributed by atoms with E-state index in [9.17, 15) is 9.59 Å². The van der Waals surface area contributed by atoms with Gasteiger partial charge in [-0.05, 0) is 233 Å². The summed E-state index contributed by atoms with van der Waals surface area (Å²) in [6.07, 6.45) is 57.6. The van der Waals surface area contributed by atoms with Gasteiger partial charge in [0.1, 0.15) is 47.7 Å². The molecular formula is C112H178N4O12. The Morgan fingerprint density at radius 1 is 0.359 bits per heavy atom. The van der Waals surface area contributed by atoms with Crippen LogP contribution in [0.4, 0.5) is 22.7 Å². The predicted molar refractivity (Wildman–Crippen MR) is 527 cm³/mol. The van der Waals surface area contributed by atoms with Gasteiger partial charge in [-0.15, -0.1) is 0 Å². The zero-order valence-corrected chi connectivity index (χ0v) is 83.4. The number of anilines is 4. The van der Waals surface area contributed by atoms with Crippen molar-refractivity contribution in [2.24, 2.45) is 92.7 Å². The summed E-state index contributed by atoms with van der Waals surface area (Å²) in [5, 5.41) is 12.7. The summed E-state index contributed by atoms with van der Waals surface area (Å²) in [6, 6.07) is 10.1. The number of carbonyl (C=O) groups excluding carboxylic acids is 4. The number of fused-ring (bicyclic) bond motifs is 10. The Kier molecular flexibility index (Phi) is 40.1. The second-order valence-corrected chi connectivity index (χ2v) is 43.3. The number of amides is 4. The monoisotopic (exact) mass is 1770 g/mol. The molecule has 16 atom stereocenters. The molecule has 3 aromatic rings. The van der Waals surface area contributed by atoms with Gasteiger partial charge in [-0.3, -0.25) is 19.2 Å². The Bertz CT molecular complexity index is 3780. The van der Waals surface area contributed by atoms with E-state index >= 15 is 9.59 Å². The van der Waals surface area contributed by atoms with Crippen LogP contribution >= 0.6 is 0 Å². The zero-order valence-electron chi connectivity index (χ0n) is 83.4. The van der Waals surface area contributed by atoms with E-state index in [0.717, 1.165) is 239 Å². The fourth-order valence-corrected chi connectivity index (χ4v) is 26.2. The van der Waals surface area contributed by atoms with E-state index in [0.29, 0.717) is 94.8 Å². The maximum atomic E-state index is 15.2. The minimum atomic E-state index is -0.550. The molecular weight excluding hydrogens is 1590 g/mol. The van der Waals surface area contributed by atoms with E-state index in [4.69, 9.17) is 37.9 Å². The molecule has 718 valence electrons. The molecule has 0 radical (unpaired) electrons. The lowest BCUT2D eigenvalue weighted by atomic mass is 9.47. The number of nitrogens with one attached hydrogen (secondary N) is 4. The molecule has 0 saturated heterocycles. The lowest BCUT2D eigenvalue weighted by Crippen LogP contribution is -2.51. The highest BCUT2D eigenvalue weighted by molar-refractivity contribution is 6.12. The van der Waals surface area contributed by atoms with Crippen molar-refractivity contribution in [2.45, 2.75) is 404 Å². The molecule has 4 amide bonds. The molecule has 8 aliphatic carbocycles. The molecule has 0 spiro atoms. The molecule has 0 aliphatic heterocycles. The lowest BCUT2D eigenvalue weighted by Gasteiger charge is -2.58. The molecule has 128 heavy (non-hydrogen) atoms. The molecule has 0 unspecified atom stereocenters. The minimum absolute atomic E-state index is 0.0604. The van der Waals surface area contributed by atoms with Gasteiger partial charge >= 0.3 is 0 Å². The van der Waals surface area contributed by atoms with Crippen LogP contribution in [0.25, 0.3) is 0 Å². The summed E-state index contributed by atoms with van der Waals surface area (Å²) in [4.78, 5) is 59.5. The van der Waals surface area contributed by atoms with Gasteiger partial charge in [0.05, 0.1) is 86.7 Å². The molecule has 3 aromatic carbocycles. The normalized spacial score (nSPS) is 26.8.